The first-order valence-corrected chi connectivity index (χ1v) is 8.23. The van der Waals surface area contributed by atoms with Crippen molar-refractivity contribution in [3.05, 3.63) is 63.7 Å². The van der Waals surface area contributed by atoms with Crippen LogP contribution in [0.25, 0.3) is 6.08 Å². The minimum absolute atomic E-state index is 0.394. The Morgan fingerprint density at radius 3 is 2.58 bits per heavy atom. The summed E-state index contributed by atoms with van der Waals surface area (Å²) in [6.45, 7) is 0.394. The third-order valence-corrected chi connectivity index (χ3v) is 4.86. The molecule has 0 radical (unpaired) electrons. The second-order valence-electron chi connectivity index (χ2n) is 4.15. The van der Waals surface area contributed by atoms with Crippen LogP contribution in [0.3, 0.4) is 0 Å². The number of rotatable bonds is 5. The van der Waals surface area contributed by atoms with Crippen molar-refractivity contribution in [2.24, 2.45) is 0 Å². The summed E-state index contributed by atoms with van der Waals surface area (Å²) in [5, 5.41) is 5.14. The number of benzene rings is 1. The van der Waals surface area contributed by atoms with Crippen molar-refractivity contribution < 1.29 is 8.42 Å². The van der Waals surface area contributed by atoms with Crippen molar-refractivity contribution in [1.29, 1.82) is 0 Å². The lowest BCUT2D eigenvalue weighted by atomic mass is 10.2. The van der Waals surface area contributed by atoms with E-state index in [9.17, 15) is 8.42 Å². The molecule has 0 aliphatic rings. The average Bonchev–Trinajstić information content (AvgIpc) is 2.90. The van der Waals surface area contributed by atoms with Crippen molar-refractivity contribution >= 4 is 27.4 Å². The van der Waals surface area contributed by atoms with Crippen molar-refractivity contribution in [2.75, 3.05) is 7.05 Å². The van der Waals surface area contributed by atoms with Crippen LogP contribution in [0.4, 0.5) is 0 Å². The van der Waals surface area contributed by atoms with Gasteiger partial charge in [0, 0.05) is 19.0 Å². The third-order valence-electron chi connectivity index (χ3n) is 2.65. The second kappa shape index (κ2) is 6.14. The molecule has 0 aliphatic carbocycles. The molecule has 0 atom stereocenters. The monoisotopic (exact) mass is 293 g/mol. The van der Waals surface area contributed by atoms with Gasteiger partial charge in [-0.25, -0.2) is 8.42 Å². The third kappa shape index (κ3) is 4.02. The van der Waals surface area contributed by atoms with Crippen LogP contribution < -0.4 is 0 Å². The molecule has 19 heavy (non-hydrogen) atoms. The van der Waals surface area contributed by atoms with Crippen molar-refractivity contribution in [3.8, 4) is 0 Å². The van der Waals surface area contributed by atoms with E-state index in [0.717, 1.165) is 11.1 Å². The fourth-order valence-electron chi connectivity index (χ4n) is 1.56. The largest absolute Gasteiger partial charge is 0.236 e. The SMILES string of the molecule is CN(Cc1ccsc1)S(=O)(=O)/C=C/c1ccccc1. The number of hydrogen-bond acceptors (Lipinski definition) is 3. The van der Waals surface area contributed by atoms with E-state index in [2.05, 4.69) is 0 Å². The summed E-state index contributed by atoms with van der Waals surface area (Å²) >= 11 is 1.56. The minimum Gasteiger partial charge on any atom is -0.208 e. The summed E-state index contributed by atoms with van der Waals surface area (Å²) < 4.78 is 25.5. The van der Waals surface area contributed by atoms with Crippen LogP contribution in [0.5, 0.6) is 0 Å². The minimum atomic E-state index is -3.38. The van der Waals surface area contributed by atoms with Gasteiger partial charge in [0.15, 0.2) is 0 Å². The quantitative estimate of drug-likeness (QED) is 0.849. The summed E-state index contributed by atoms with van der Waals surface area (Å²) in [7, 11) is -1.79. The molecular formula is C14H15NO2S2. The molecule has 0 amide bonds. The van der Waals surface area contributed by atoms with Gasteiger partial charge in [-0.1, -0.05) is 30.3 Å². The lowest BCUT2D eigenvalue weighted by Crippen LogP contribution is -2.23. The van der Waals surface area contributed by atoms with Crippen LogP contribution in [0, 0.1) is 0 Å². The normalized spacial score (nSPS) is 12.3. The summed E-state index contributed by atoms with van der Waals surface area (Å²) in [5.41, 5.74) is 1.87. The van der Waals surface area contributed by atoms with Crippen LogP contribution in [0.2, 0.25) is 0 Å². The molecule has 0 unspecified atom stereocenters. The fraction of sp³-hybridized carbons (Fsp3) is 0.143. The molecule has 2 aromatic rings. The van der Waals surface area contributed by atoms with Crippen LogP contribution in [-0.2, 0) is 16.6 Å². The zero-order chi connectivity index (χ0) is 13.7. The molecule has 3 nitrogen and oxygen atoms in total. The van der Waals surface area contributed by atoms with Gasteiger partial charge in [0.2, 0.25) is 10.0 Å². The Kier molecular flexibility index (Phi) is 4.52. The molecule has 0 bridgehead atoms. The van der Waals surface area contributed by atoms with Crippen molar-refractivity contribution in [3.63, 3.8) is 0 Å². The predicted molar refractivity (Wildman–Crippen MR) is 80.2 cm³/mol. The number of thiophene rings is 1. The zero-order valence-corrected chi connectivity index (χ0v) is 12.2. The topological polar surface area (TPSA) is 37.4 Å². The van der Waals surface area contributed by atoms with Gasteiger partial charge in [-0.15, -0.1) is 0 Å². The molecule has 0 spiro atoms. The lowest BCUT2D eigenvalue weighted by Gasteiger charge is -2.13. The molecule has 2 rings (SSSR count). The van der Waals surface area contributed by atoms with E-state index in [1.54, 1.807) is 24.5 Å². The zero-order valence-electron chi connectivity index (χ0n) is 10.6. The Hall–Kier alpha value is -1.43. The first kappa shape index (κ1) is 14.0. The molecule has 0 aliphatic heterocycles. The summed E-state index contributed by atoms with van der Waals surface area (Å²) in [4.78, 5) is 0. The van der Waals surface area contributed by atoms with E-state index >= 15 is 0 Å². The maximum atomic E-state index is 12.1. The Balaban J connectivity index is 2.08. The van der Waals surface area contributed by atoms with Crippen LogP contribution >= 0.6 is 11.3 Å². The first-order valence-electron chi connectivity index (χ1n) is 5.78. The highest BCUT2D eigenvalue weighted by atomic mass is 32.2. The van der Waals surface area contributed by atoms with E-state index < -0.39 is 10.0 Å². The Morgan fingerprint density at radius 1 is 1.21 bits per heavy atom. The Labute approximate surface area is 117 Å². The van der Waals surface area contributed by atoms with Crippen LogP contribution in [0.1, 0.15) is 11.1 Å². The Bertz CT molecular complexity index is 631. The average molecular weight is 293 g/mol. The maximum absolute atomic E-state index is 12.1. The van der Waals surface area contributed by atoms with Gasteiger partial charge >= 0.3 is 0 Å². The van der Waals surface area contributed by atoms with E-state index in [1.165, 1.54) is 9.71 Å². The van der Waals surface area contributed by atoms with E-state index in [1.807, 2.05) is 47.2 Å². The Morgan fingerprint density at radius 2 is 1.95 bits per heavy atom. The van der Waals surface area contributed by atoms with Gasteiger partial charge < -0.3 is 0 Å². The van der Waals surface area contributed by atoms with E-state index in [0.29, 0.717) is 6.54 Å². The first-order chi connectivity index (χ1) is 9.08. The van der Waals surface area contributed by atoms with E-state index in [4.69, 9.17) is 0 Å². The molecule has 5 heteroatoms. The highest BCUT2D eigenvalue weighted by molar-refractivity contribution is 7.92. The van der Waals surface area contributed by atoms with Crippen molar-refractivity contribution in [2.45, 2.75) is 6.54 Å². The van der Waals surface area contributed by atoms with Gasteiger partial charge in [-0.2, -0.15) is 15.6 Å². The molecule has 1 heterocycles. The molecule has 100 valence electrons. The summed E-state index contributed by atoms with van der Waals surface area (Å²) in [6.07, 6.45) is 1.61. The summed E-state index contributed by atoms with van der Waals surface area (Å²) in [6, 6.07) is 11.3. The lowest BCUT2D eigenvalue weighted by molar-refractivity contribution is 0.476. The van der Waals surface area contributed by atoms with E-state index in [-0.39, 0.29) is 0 Å². The van der Waals surface area contributed by atoms with Gasteiger partial charge in [-0.3, -0.25) is 0 Å². The second-order valence-corrected chi connectivity index (χ2v) is 6.85. The molecule has 0 fully saturated rings. The number of sulfonamides is 1. The van der Waals surface area contributed by atoms with Gasteiger partial charge in [0.1, 0.15) is 0 Å². The smallest absolute Gasteiger partial charge is 0.208 e. The summed E-state index contributed by atoms with van der Waals surface area (Å²) in [5.74, 6) is 0. The predicted octanol–water partition coefficient (Wildman–Crippen LogP) is 3.18. The molecule has 1 aromatic heterocycles. The molecule has 0 saturated carbocycles. The number of hydrogen-bond donors (Lipinski definition) is 0. The molecule has 0 saturated heterocycles. The maximum Gasteiger partial charge on any atom is 0.236 e. The molecular weight excluding hydrogens is 278 g/mol. The standard InChI is InChI=1S/C14H15NO2S2/c1-15(11-14-7-9-18-12-14)19(16,17)10-8-13-5-3-2-4-6-13/h2-10,12H,11H2,1H3/b10-8+. The fourth-order valence-corrected chi connectivity index (χ4v) is 3.09. The molecule has 0 N–H and O–H groups in total. The van der Waals surface area contributed by atoms with Crippen LogP contribution in [-0.4, -0.2) is 19.8 Å². The molecule has 1 aromatic carbocycles. The van der Waals surface area contributed by atoms with Gasteiger partial charge in [0.05, 0.1) is 0 Å². The van der Waals surface area contributed by atoms with Crippen LogP contribution in [0.15, 0.2) is 52.6 Å². The van der Waals surface area contributed by atoms with Gasteiger partial charge in [0.25, 0.3) is 0 Å². The number of nitrogens with zero attached hydrogens (tertiary/aromatic N) is 1. The van der Waals surface area contributed by atoms with Crippen molar-refractivity contribution in [1.82, 2.24) is 4.31 Å². The van der Waals surface area contributed by atoms with Gasteiger partial charge in [-0.05, 0) is 34.0 Å². The highest BCUT2D eigenvalue weighted by Crippen LogP contribution is 2.13. The highest BCUT2D eigenvalue weighted by Gasteiger charge is 2.14.